The van der Waals surface area contributed by atoms with E-state index in [1.807, 2.05) is 0 Å². The summed E-state index contributed by atoms with van der Waals surface area (Å²) >= 11 is 6.90. The number of nitro groups is 1. The van der Waals surface area contributed by atoms with E-state index in [0.29, 0.717) is 17.3 Å². The predicted molar refractivity (Wildman–Crippen MR) is 74.9 cm³/mol. The van der Waals surface area contributed by atoms with Crippen LogP contribution in [0.15, 0.2) is 12.1 Å². The van der Waals surface area contributed by atoms with Crippen LogP contribution in [0.5, 0.6) is 0 Å². The fraction of sp³-hybridized carbons (Fsp3) is 0.583. The highest BCUT2D eigenvalue weighted by atomic mass is 35.5. The summed E-state index contributed by atoms with van der Waals surface area (Å²) in [6.07, 6.45) is 4.35. The Bertz CT molecular complexity index is 483. The SMILES string of the molecule is O=C(NCC1(CCl)CCCC1)c1ccc([N+](=O)[O-])s1. The maximum absolute atomic E-state index is 11.9. The molecular formula is C12H15ClN2O3S. The Hall–Kier alpha value is -1.14. The van der Waals surface area contributed by atoms with Gasteiger partial charge < -0.3 is 5.32 Å². The van der Waals surface area contributed by atoms with Crippen LogP contribution in [0.3, 0.4) is 0 Å². The number of carbonyl (C=O) groups is 1. The second-order valence-electron chi connectivity index (χ2n) is 4.92. The van der Waals surface area contributed by atoms with Crippen molar-refractivity contribution >= 4 is 33.8 Å². The van der Waals surface area contributed by atoms with Crippen molar-refractivity contribution < 1.29 is 9.72 Å². The number of carbonyl (C=O) groups excluding carboxylic acids is 1. The molecule has 0 radical (unpaired) electrons. The molecule has 1 aromatic heterocycles. The van der Waals surface area contributed by atoms with Gasteiger partial charge in [-0.1, -0.05) is 24.2 Å². The van der Waals surface area contributed by atoms with Crippen molar-refractivity contribution in [3.05, 3.63) is 27.1 Å². The third-order valence-corrected chi connectivity index (χ3v) is 5.17. The summed E-state index contributed by atoms with van der Waals surface area (Å²) in [6.45, 7) is 0.543. The van der Waals surface area contributed by atoms with E-state index in [2.05, 4.69) is 5.32 Å². The molecule has 0 aliphatic heterocycles. The standard InChI is InChI=1S/C12H15ClN2O3S/c13-7-12(5-1-2-6-12)8-14-11(16)9-3-4-10(19-9)15(17)18/h3-4H,1-2,5-8H2,(H,14,16). The van der Waals surface area contributed by atoms with Crippen LogP contribution in [0.4, 0.5) is 5.00 Å². The van der Waals surface area contributed by atoms with E-state index in [-0.39, 0.29) is 16.3 Å². The first-order valence-electron chi connectivity index (χ1n) is 6.15. The average Bonchev–Trinajstić information content (AvgIpc) is 3.06. The minimum atomic E-state index is -0.487. The molecule has 7 heteroatoms. The monoisotopic (exact) mass is 302 g/mol. The second kappa shape index (κ2) is 5.88. The van der Waals surface area contributed by atoms with E-state index in [4.69, 9.17) is 11.6 Å². The van der Waals surface area contributed by atoms with Crippen molar-refractivity contribution in [2.75, 3.05) is 12.4 Å². The molecule has 104 valence electrons. The van der Waals surface area contributed by atoms with Gasteiger partial charge in [0.05, 0.1) is 9.80 Å². The van der Waals surface area contributed by atoms with Gasteiger partial charge in [0.15, 0.2) is 0 Å². The summed E-state index contributed by atoms with van der Waals surface area (Å²) < 4.78 is 0. The molecule has 19 heavy (non-hydrogen) atoms. The summed E-state index contributed by atoms with van der Waals surface area (Å²) in [5.41, 5.74) is 0.000405. The third-order valence-electron chi connectivity index (χ3n) is 3.57. The van der Waals surface area contributed by atoms with Gasteiger partial charge in [-0.3, -0.25) is 14.9 Å². The highest BCUT2D eigenvalue weighted by Gasteiger charge is 2.33. The number of halogens is 1. The van der Waals surface area contributed by atoms with Crippen molar-refractivity contribution in [3.63, 3.8) is 0 Å². The van der Waals surface area contributed by atoms with Gasteiger partial charge in [-0.2, -0.15) is 0 Å². The second-order valence-corrected chi connectivity index (χ2v) is 6.25. The lowest BCUT2D eigenvalue weighted by atomic mass is 9.88. The van der Waals surface area contributed by atoms with Crippen molar-refractivity contribution in [3.8, 4) is 0 Å². The maximum atomic E-state index is 11.9. The Morgan fingerprint density at radius 3 is 2.68 bits per heavy atom. The van der Waals surface area contributed by atoms with E-state index in [9.17, 15) is 14.9 Å². The highest BCUT2D eigenvalue weighted by molar-refractivity contribution is 7.17. The molecule has 0 bridgehead atoms. The molecule has 1 aliphatic rings. The summed E-state index contributed by atoms with van der Waals surface area (Å²) in [7, 11) is 0. The lowest BCUT2D eigenvalue weighted by Crippen LogP contribution is -2.36. The van der Waals surface area contributed by atoms with Gasteiger partial charge >= 0.3 is 5.00 Å². The smallest absolute Gasteiger partial charge is 0.324 e. The first-order chi connectivity index (χ1) is 9.06. The van der Waals surface area contributed by atoms with Crippen LogP contribution in [0.25, 0.3) is 0 Å². The first kappa shape index (κ1) is 14.3. The molecule has 2 rings (SSSR count). The van der Waals surface area contributed by atoms with Crippen molar-refractivity contribution in [2.24, 2.45) is 5.41 Å². The Morgan fingerprint density at radius 2 is 2.16 bits per heavy atom. The predicted octanol–water partition coefficient (Wildman–Crippen LogP) is 3.19. The van der Waals surface area contributed by atoms with Crippen LogP contribution < -0.4 is 5.32 Å². The molecule has 0 unspecified atom stereocenters. The van der Waals surface area contributed by atoms with Crippen molar-refractivity contribution in [2.45, 2.75) is 25.7 Å². The number of nitrogens with zero attached hydrogens (tertiary/aromatic N) is 1. The lowest BCUT2D eigenvalue weighted by molar-refractivity contribution is -0.380. The number of hydrogen-bond acceptors (Lipinski definition) is 4. The number of amides is 1. The normalized spacial score (nSPS) is 17.3. The van der Waals surface area contributed by atoms with Gasteiger partial charge in [-0.25, -0.2) is 0 Å². The first-order valence-corrected chi connectivity index (χ1v) is 7.50. The molecule has 5 nitrogen and oxygen atoms in total. The average molecular weight is 303 g/mol. The van der Waals surface area contributed by atoms with Crippen LogP contribution in [0.1, 0.15) is 35.4 Å². The number of rotatable bonds is 5. The van der Waals surface area contributed by atoms with Gasteiger partial charge in [-0.05, 0) is 18.9 Å². The molecule has 0 atom stereocenters. The van der Waals surface area contributed by atoms with Gasteiger partial charge in [0.1, 0.15) is 0 Å². The van der Waals surface area contributed by atoms with Gasteiger partial charge in [-0.15, -0.1) is 11.6 Å². The number of nitrogens with one attached hydrogen (secondary N) is 1. The Morgan fingerprint density at radius 1 is 1.47 bits per heavy atom. The van der Waals surface area contributed by atoms with Gasteiger partial charge in [0.2, 0.25) is 0 Å². The van der Waals surface area contributed by atoms with E-state index in [0.717, 1.165) is 37.0 Å². The molecule has 1 aliphatic carbocycles. The molecule has 0 spiro atoms. The molecular weight excluding hydrogens is 288 g/mol. The third kappa shape index (κ3) is 3.25. The zero-order valence-corrected chi connectivity index (χ0v) is 11.9. The van der Waals surface area contributed by atoms with Crippen LogP contribution in [-0.4, -0.2) is 23.3 Å². The summed E-state index contributed by atoms with van der Waals surface area (Å²) in [5.74, 6) is 0.284. The van der Waals surface area contributed by atoms with Crippen molar-refractivity contribution in [1.82, 2.24) is 5.32 Å². The maximum Gasteiger partial charge on any atom is 0.324 e. The van der Waals surface area contributed by atoms with Gasteiger partial charge in [0.25, 0.3) is 5.91 Å². The number of hydrogen-bond donors (Lipinski definition) is 1. The van der Waals surface area contributed by atoms with E-state index < -0.39 is 4.92 Å². The Balaban J connectivity index is 1.95. The topological polar surface area (TPSA) is 72.2 Å². The zero-order valence-electron chi connectivity index (χ0n) is 10.4. The molecule has 1 amide bonds. The van der Waals surface area contributed by atoms with E-state index in [1.165, 1.54) is 12.1 Å². The van der Waals surface area contributed by atoms with Crippen LogP contribution in [0, 0.1) is 15.5 Å². The van der Waals surface area contributed by atoms with E-state index >= 15 is 0 Å². The fourth-order valence-corrected chi connectivity index (χ4v) is 3.48. The summed E-state index contributed by atoms with van der Waals surface area (Å²) in [4.78, 5) is 22.4. The Labute approximate surface area is 120 Å². The number of alkyl halides is 1. The molecule has 1 fully saturated rings. The van der Waals surface area contributed by atoms with Crippen molar-refractivity contribution in [1.29, 1.82) is 0 Å². The summed E-state index contributed by atoms with van der Waals surface area (Å²) in [6, 6.07) is 2.84. The summed E-state index contributed by atoms with van der Waals surface area (Å²) in [5, 5.41) is 13.4. The quantitative estimate of drug-likeness (QED) is 0.516. The number of thiophene rings is 1. The fourth-order valence-electron chi connectivity index (χ4n) is 2.39. The van der Waals surface area contributed by atoms with E-state index in [1.54, 1.807) is 0 Å². The van der Waals surface area contributed by atoms with Crippen LogP contribution in [0.2, 0.25) is 0 Å². The largest absolute Gasteiger partial charge is 0.351 e. The molecule has 1 saturated carbocycles. The van der Waals surface area contributed by atoms with Crippen LogP contribution in [-0.2, 0) is 0 Å². The lowest BCUT2D eigenvalue weighted by Gasteiger charge is -2.26. The highest BCUT2D eigenvalue weighted by Crippen LogP contribution is 2.38. The molecule has 1 N–H and O–H groups in total. The van der Waals surface area contributed by atoms with Crippen LogP contribution >= 0.6 is 22.9 Å². The Kier molecular flexibility index (Phi) is 4.42. The zero-order chi connectivity index (χ0) is 13.9. The molecule has 1 aromatic rings. The minimum Gasteiger partial charge on any atom is -0.351 e. The molecule has 1 heterocycles. The van der Waals surface area contributed by atoms with Gasteiger partial charge in [0, 0.05) is 23.9 Å². The molecule has 0 aromatic carbocycles. The molecule has 0 saturated heterocycles. The minimum absolute atomic E-state index is 0.000405.